The minimum Gasteiger partial charge on any atom is -0.403 e. The first-order valence-electron chi connectivity index (χ1n) is 10.2. The van der Waals surface area contributed by atoms with Crippen LogP contribution in [0.1, 0.15) is 15.9 Å². The number of anilines is 2. The number of rotatable bonds is 7. The van der Waals surface area contributed by atoms with Crippen molar-refractivity contribution in [3.05, 3.63) is 83.9 Å². The number of nitrogens with one attached hydrogen (secondary N) is 2. The van der Waals surface area contributed by atoms with Crippen LogP contribution in [0, 0.1) is 6.92 Å². The highest BCUT2D eigenvalue weighted by Crippen LogP contribution is 2.24. The molecule has 0 saturated carbocycles. The number of aryl methyl sites for hydroxylation is 1. The van der Waals surface area contributed by atoms with Crippen LogP contribution in [-0.4, -0.2) is 39.2 Å². The number of sulfonamides is 1. The zero-order chi connectivity index (χ0) is 25.2. The Morgan fingerprint density at radius 1 is 0.829 bits per heavy atom. The fraction of sp³-hybridized carbons (Fsp3) is 0.0870. The standard InChI is InChI=1S/C23H20N4O6S2/c1-15-7-11-18(12-8-15)35(31,32)27-20-6-4-3-5-19(20)21(28)24-23-26-25-22(33-23)16-9-13-17(14-10-16)34(2,29)30/h3-14,27H,1-2H3,(H,24,26,28). The van der Waals surface area contributed by atoms with Crippen molar-refractivity contribution in [3.8, 4) is 11.5 Å². The summed E-state index contributed by atoms with van der Waals surface area (Å²) in [6, 6.07) is 18.0. The quantitative estimate of drug-likeness (QED) is 0.382. The minimum absolute atomic E-state index is 0.0421. The summed E-state index contributed by atoms with van der Waals surface area (Å²) in [7, 11) is -7.28. The molecule has 0 aliphatic carbocycles. The molecule has 4 rings (SSSR count). The zero-order valence-corrected chi connectivity index (χ0v) is 20.2. The van der Waals surface area contributed by atoms with Gasteiger partial charge in [-0.3, -0.25) is 14.8 Å². The molecular weight excluding hydrogens is 492 g/mol. The highest BCUT2D eigenvalue weighted by molar-refractivity contribution is 7.92. The minimum atomic E-state index is -3.93. The molecule has 0 fully saturated rings. The van der Waals surface area contributed by atoms with E-state index in [0.29, 0.717) is 5.56 Å². The zero-order valence-electron chi connectivity index (χ0n) is 18.6. The van der Waals surface area contributed by atoms with Gasteiger partial charge in [0, 0.05) is 11.8 Å². The van der Waals surface area contributed by atoms with E-state index in [4.69, 9.17) is 4.42 Å². The molecule has 1 heterocycles. The summed E-state index contributed by atoms with van der Waals surface area (Å²) in [5.74, 6) is -0.608. The van der Waals surface area contributed by atoms with Crippen LogP contribution in [0.2, 0.25) is 0 Å². The number of para-hydroxylation sites is 1. The molecule has 1 aromatic heterocycles. The smallest absolute Gasteiger partial charge is 0.322 e. The van der Waals surface area contributed by atoms with Crippen molar-refractivity contribution in [1.29, 1.82) is 0 Å². The summed E-state index contributed by atoms with van der Waals surface area (Å²) in [6.45, 7) is 1.84. The van der Waals surface area contributed by atoms with Gasteiger partial charge in [-0.1, -0.05) is 34.9 Å². The third kappa shape index (κ3) is 5.55. The van der Waals surface area contributed by atoms with Gasteiger partial charge in [-0.2, -0.15) is 0 Å². The van der Waals surface area contributed by atoms with Crippen molar-refractivity contribution in [2.45, 2.75) is 16.7 Å². The van der Waals surface area contributed by atoms with E-state index in [1.54, 1.807) is 24.3 Å². The predicted molar refractivity (Wildman–Crippen MR) is 129 cm³/mol. The van der Waals surface area contributed by atoms with E-state index >= 15 is 0 Å². The molecule has 0 aliphatic rings. The number of carbonyl (C=O) groups excluding carboxylic acids is 1. The largest absolute Gasteiger partial charge is 0.403 e. The summed E-state index contributed by atoms with van der Waals surface area (Å²) in [4.78, 5) is 13.1. The number of nitrogens with zero attached hydrogens (tertiary/aromatic N) is 2. The third-order valence-electron chi connectivity index (χ3n) is 4.92. The number of benzene rings is 3. The Labute approximate surface area is 202 Å². The van der Waals surface area contributed by atoms with Crippen LogP contribution in [0.25, 0.3) is 11.5 Å². The lowest BCUT2D eigenvalue weighted by atomic mass is 10.2. The molecule has 4 aromatic rings. The molecule has 2 N–H and O–H groups in total. The molecule has 180 valence electrons. The molecule has 35 heavy (non-hydrogen) atoms. The van der Waals surface area contributed by atoms with Crippen LogP contribution in [0.3, 0.4) is 0 Å². The molecule has 1 amide bonds. The number of aromatic nitrogens is 2. The van der Waals surface area contributed by atoms with Crippen LogP contribution in [0.15, 0.2) is 87.0 Å². The second kappa shape index (κ2) is 9.31. The maximum Gasteiger partial charge on any atom is 0.322 e. The van der Waals surface area contributed by atoms with Gasteiger partial charge in [0.15, 0.2) is 9.84 Å². The number of carbonyl (C=O) groups is 1. The molecule has 0 spiro atoms. The van der Waals surface area contributed by atoms with E-state index in [9.17, 15) is 21.6 Å². The summed E-state index contributed by atoms with van der Waals surface area (Å²) >= 11 is 0. The van der Waals surface area contributed by atoms with Crippen LogP contribution in [-0.2, 0) is 19.9 Å². The summed E-state index contributed by atoms with van der Waals surface area (Å²) in [5.41, 5.74) is 1.48. The molecule has 10 nitrogen and oxygen atoms in total. The molecule has 0 radical (unpaired) electrons. The van der Waals surface area contributed by atoms with E-state index in [0.717, 1.165) is 11.8 Å². The predicted octanol–water partition coefficient (Wildman–Crippen LogP) is 3.50. The Bertz CT molecular complexity index is 1590. The normalized spacial score (nSPS) is 11.7. The molecule has 3 aromatic carbocycles. The van der Waals surface area contributed by atoms with Gasteiger partial charge in [0.2, 0.25) is 5.89 Å². The van der Waals surface area contributed by atoms with Gasteiger partial charge in [0.05, 0.1) is 21.0 Å². The molecule has 0 atom stereocenters. The van der Waals surface area contributed by atoms with E-state index in [-0.39, 0.29) is 32.9 Å². The highest BCUT2D eigenvalue weighted by Gasteiger charge is 2.20. The van der Waals surface area contributed by atoms with Crippen LogP contribution < -0.4 is 10.0 Å². The second-order valence-corrected chi connectivity index (χ2v) is 11.3. The van der Waals surface area contributed by atoms with Crippen molar-refractivity contribution >= 4 is 37.5 Å². The molecule has 0 saturated heterocycles. The van der Waals surface area contributed by atoms with E-state index < -0.39 is 25.8 Å². The average Bonchev–Trinajstić information content (AvgIpc) is 3.27. The van der Waals surface area contributed by atoms with Gasteiger partial charge in [-0.25, -0.2) is 16.8 Å². The van der Waals surface area contributed by atoms with E-state index in [2.05, 4.69) is 20.2 Å². The molecule has 0 bridgehead atoms. The molecule has 0 unspecified atom stereocenters. The molecular formula is C23H20N4O6S2. The molecule has 12 heteroatoms. The maximum atomic E-state index is 12.9. The summed E-state index contributed by atoms with van der Waals surface area (Å²) in [6.07, 6.45) is 1.10. The van der Waals surface area contributed by atoms with Crippen LogP contribution >= 0.6 is 0 Å². The van der Waals surface area contributed by atoms with Gasteiger partial charge < -0.3 is 4.42 Å². The monoisotopic (exact) mass is 512 g/mol. The topological polar surface area (TPSA) is 148 Å². The van der Waals surface area contributed by atoms with Gasteiger partial charge in [-0.15, -0.1) is 5.10 Å². The first kappa shape index (κ1) is 24.1. The van der Waals surface area contributed by atoms with Crippen molar-refractivity contribution in [3.63, 3.8) is 0 Å². The van der Waals surface area contributed by atoms with Gasteiger partial charge >= 0.3 is 6.01 Å². The number of hydrogen-bond acceptors (Lipinski definition) is 8. The Morgan fingerprint density at radius 3 is 2.11 bits per heavy atom. The van der Waals surface area contributed by atoms with Crippen molar-refractivity contribution in [2.24, 2.45) is 0 Å². The first-order chi connectivity index (χ1) is 16.5. The van der Waals surface area contributed by atoms with Gasteiger partial charge in [-0.05, 0) is 55.5 Å². The number of amides is 1. The van der Waals surface area contributed by atoms with E-state index in [1.165, 1.54) is 48.5 Å². The van der Waals surface area contributed by atoms with Crippen molar-refractivity contribution < 1.29 is 26.0 Å². The molecule has 0 aliphatic heterocycles. The van der Waals surface area contributed by atoms with Crippen LogP contribution in [0.5, 0.6) is 0 Å². The van der Waals surface area contributed by atoms with Crippen LogP contribution in [0.4, 0.5) is 11.7 Å². The van der Waals surface area contributed by atoms with Gasteiger partial charge in [0.25, 0.3) is 15.9 Å². The SMILES string of the molecule is Cc1ccc(S(=O)(=O)Nc2ccccc2C(=O)Nc2nnc(-c3ccc(S(C)(=O)=O)cc3)o2)cc1. The average molecular weight is 513 g/mol. The lowest BCUT2D eigenvalue weighted by molar-refractivity contribution is 0.102. The Kier molecular flexibility index (Phi) is 6.41. The third-order valence-corrected chi connectivity index (χ3v) is 7.43. The van der Waals surface area contributed by atoms with Crippen molar-refractivity contribution in [2.75, 3.05) is 16.3 Å². The Hall–Kier alpha value is -4.03. The summed E-state index contributed by atoms with van der Waals surface area (Å²) in [5, 5.41) is 10.1. The Balaban J connectivity index is 1.53. The first-order valence-corrected chi connectivity index (χ1v) is 13.5. The number of hydrogen-bond donors (Lipinski definition) is 2. The highest BCUT2D eigenvalue weighted by atomic mass is 32.2. The lowest BCUT2D eigenvalue weighted by Gasteiger charge is -2.12. The van der Waals surface area contributed by atoms with Crippen molar-refractivity contribution in [1.82, 2.24) is 10.2 Å². The lowest BCUT2D eigenvalue weighted by Crippen LogP contribution is -2.18. The fourth-order valence-corrected chi connectivity index (χ4v) is 4.80. The number of sulfone groups is 1. The fourth-order valence-electron chi connectivity index (χ4n) is 3.09. The maximum absolute atomic E-state index is 12.9. The Morgan fingerprint density at radius 2 is 1.46 bits per heavy atom. The van der Waals surface area contributed by atoms with Gasteiger partial charge in [0.1, 0.15) is 0 Å². The summed E-state index contributed by atoms with van der Waals surface area (Å²) < 4.78 is 56.7. The second-order valence-electron chi connectivity index (χ2n) is 7.63. The van der Waals surface area contributed by atoms with E-state index in [1.807, 2.05) is 6.92 Å².